The van der Waals surface area contributed by atoms with Gasteiger partial charge in [-0.2, -0.15) is 9.61 Å². The van der Waals surface area contributed by atoms with E-state index >= 15 is 0 Å². The molecule has 0 radical (unpaired) electrons. The van der Waals surface area contributed by atoms with Crippen LogP contribution in [0.15, 0.2) is 73.1 Å². The third kappa shape index (κ3) is 3.05. The monoisotopic (exact) mass is 344 g/mol. The van der Waals surface area contributed by atoms with Gasteiger partial charge >= 0.3 is 0 Å². The van der Waals surface area contributed by atoms with Crippen molar-refractivity contribution >= 4 is 11.5 Å². The molecule has 1 N–H and O–H groups in total. The van der Waals surface area contributed by atoms with Crippen molar-refractivity contribution in [3.8, 4) is 11.1 Å². The Labute approximate surface area is 152 Å². The van der Waals surface area contributed by atoms with Crippen LogP contribution in [0.5, 0.6) is 0 Å². The van der Waals surface area contributed by atoms with E-state index in [9.17, 15) is 5.11 Å². The summed E-state index contributed by atoms with van der Waals surface area (Å²) in [6.45, 7) is 0.835. The van der Waals surface area contributed by atoms with Gasteiger partial charge in [0.25, 0.3) is 0 Å². The smallest absolute Gasteiger partial charge is 0.165 e. The van der Waals surface area contributed by atoms with Crippen molar-refractivity contribution in [2.45, 2.75) is 13.2 Å². The molecule has 0 amide bonds. The van der Waals surface area contributed by atoms with Crippen LogP contribution in [-0.2, 0) is 13.2 Å². The molecule has 0 spiro atoms. The van der Waals surface area contributed by atoms with Gasteiger partial charge in [-0.15, -0.1) is 0 Å². The van der Waals surface area contributed by atoms with E-state index in [1.165, 1.54) is 5.56 Å². The zero-order valence-electron chi connectivity index (χ0n) is 14.6. The molecule has 2 aromatic carbocycles. The molecule has 0 saturated heterocycles. The first-order valence-corrected chi connectivity index (χ1v) is 8.54. The highest BCUT2D eigenvalue weighted by Crippen LogP contribution is 2.26. The van der Waals surface area contributed by atoms with Crippen molar-refractivity contribution in [2.24, 2.45) is 0 Å². The molecule has 0 bridgehead atoms. The maximum Gasteiger partial charge on any atom is 0.165 e. The zero-order chi connectivity index (χ0) is 17.9. The van der Waals surface area contributed by atoms with E-state index < -0.39 is 0 Å². The van der Waals surface area contributed by atoms with Gasteiger partial charge in [-0.3, -0.25) is 0 Å². The first-order chi connectivity index (χ1) is 12.8. The maximum absolute atomic E-state index is 9.22. The molecule has 5 heteroatoms. The van der Waals surface area contributed by atoms with Crippen molar-refractivity contribution < 1.29 is 5.11 Å². The molecule has 2 heterocycles. The van der Waals surface area contributed by atoms with Crippen LogP contribution in [-0.4, -0.2) is 26.8 Å². The van der Waals surface area contributed by atoms with E-state index in [0.717, 1.165) is 34.7 Å². The molecule has 2 aromatic heterocycles. The topological polar surface area (TPSA) is 53.7 Å². The van der Waals surface area contributed by atoms with Gasteiger partial charge in [-0.25, -0.2) is 4.98 Å². The average Bonchev–Trinajstić information content (AvgIpc) is 3.13. The van der Waals surface area contributed by atoms with Crippen LogP contribution >= 0.6 is 0 Å². The number of nitrogens with zero attached hydrogens (tertiary/aromatic N) is 4. The number of benzene rings is 2. The largest absolute Gasteiger partial charge is 0.392 e. The molecular weight excluding hydrogens is 324 g/mol. The SMILES string of the molecule is CN(Cc1ccccc1)c1ccnc2c(-c3ccc(CO)cc3)cnn12. The first-order valence-electron chi connectivity index (χ1n) is 8.54. The number of hydrogen-bond donors (Lipinski definition) is 1. The van der Waals surface area contributed by atoms with Crippen LogP contribution in [0, 0.1) is 0 Å². The number of rotatable bonds is 5. The molecule has 0 fully saturated rings. The molecule has 130 valence electrons. The van der Waals surface area contributed by atoms with E-state index in [0.29, 0.717) is 0 Å². The molecule has 0 atom stereocenters. The lowest BCUT2D eigenvalue weighted by atomic mass is 10.1. The second-order valence-corrected chi connectivity index (χ2v) is 6.29. The highest BCUT2D eigenvalue weighted by molar-refractivity contribution is 5.78. The summed E-state index contributed by atoms with van der Waals surface area (Å²) in [4.78, 5) is 6.70. The third-order valence-corrected chi connectivity index (χ3v) is 4.48. The second kappa shape index (κ2) is 6.98. The number of fused-ring (bicyclic) bond motifs is 1. The Morgan fingerprint density at radius 2 is 1.73 bits per heavy atom. The van der Waals surface area contributed by atoms with Crippen molar-refractivity contribution in [1.29, 1.82) is 0 Å². The summed E-state index contributed by atoms with van der Waals surface area (Å²) in [5.74, 6) is 0.983. The molecule has 0 unspecified atom stereocenters. The molecule has 0 aliphatic heterocycles. The lowest BCUT2D eigenvalue weighted by Crippen LogP contribution is -2.19. The maximum atomic E-state index is 9.22. The Kier molecular flexibility index (Phi) is 4.37. The molecule has 4 aromatic rings. The third-order valence-electron chi connectivity index (χ3n) is 4.48. The van der Waals surface area contributed by atoms with E-state index in [2.05, 4.69) is 34.2 Å². The minimum Gasteiger partial charge on any atom is -0.392 e. The Morgan fingerprint density at radius 3 is 2.46 bits per heavy atom. The summed E-state index contributed by atoms with van der Waals surface area (Å²) < 4.78 is 1.87. The first kappa shape index (κ1) is 16.3. The molecule has 0 aliphatic carbocycles. The number of anilines is 1. The van der Waals surface area contributed by atoms with Gasteiger partial charge in [0, 0.05) is 25.4 Å². The minimum absolute atomic E-state index is 0.0434. The normalized spacial score (nSPS) is 11.0. The van der Waals surface area contributed by atoms with Crippen LogP contribution in [0.4, 0.5) is 5.82 Å². The van der Waals surface area contributed by atoms with Crippen LogP contribution in [0.2, 0.25) is 0 Å². The molecule has 0 saturated carbocycles. The van der Waals surface area contributed by atoms with Crippen LogP contribution in [0.3, 0.4) is 0 Å². The van der Waals surface area contributed by atoms with E-state index in [1.807, 2.05) is 65.4 Å². The van der Waals surface area contributed by atoms with E-state index in [-0.39, 0.29) is 6.61 Å². The fraction of sp³-hybridized carbons (Fsp3) is 0.143. The van der Waals surface area contributed by atoms with Crippen molar-refractivity contribution in [3.05, 3.63) is 84.2 Å². The van der Waals surface area contributed by atoms with Crippen molar-refractivity contribution in [3.63, 3.8) is 0 Å². The summed E-state index contributed by atoms with van der Waals surface area (Å²) in [5.41, 5.74) is 4.96. The van der Waals surface area contributed by atoms with Crippen LogP contribution in [0.1, 0.15) is 11.1 Å². The predicted octanol–water partition coefficient (Wildman–Crippen LogP) is 3.53. The summed E-state index contributed by atoms with van der Waals surface area (Å²) in [7, 11) is 2.05. The summed E-state index contributed by atoms with van der Waals surface area (Å²) in [6.07, 6.45) is 3.66. The Balaban J connectivity index is 1.70. The van der Waals surface area contributed by atoms with Crippen molar-refractivity contribution in [2.75, 3.05) is 11.9 Å². The van der Waals surface area contributed by atoms with Gasteiger partial charge in [0.15, 0.2) is 5.65 Å². The van der Waals surface area contributed by atoms with Crippen LogP contribution < -0.4 is 4.90 Å². The zero-order valence-corrected chi connectivity index (χ0v) is 14.6. The summed E-state index contributed by atoms with van der Waals surface area (Å²) >= 11 is 0. The number of hydrogen-bond acceptors (Lipinski definition) is 4. The van der Waals surface area contributed by atoms with E-state index in [1.54, 1.807) is 0 Å². The van der Waals surface area contributed by atoms with Crippen molar-refractivity contribution in [1.82, 2.24) is 14.6 Å². The van der Waals surface area contributed by atoms with Gasteiger partial charge in [-0.05, 0) is 22.8 Å². The molecule has 26 heavy (non-hydrogen) atoms. The highest BCUT2D eigenvalue weighted by Gasteiger charge is 2.13. The Morgan fingerprint density at radius 1 is 0.962 bits per heavy atom. The molecule has 5 nitrogen and oxygen atoms in total. The number of aliphatic hydroxyl groups excluding tert-OH is 1. The number of aromatic nitrogens is 3. The summed E-state index contributed by atoms with van der Waals surface area (Å²) in [6, 6.07) is 20.2. The predicted molar refractivity (Wildman–Crippen MR) is 103 cm³/mol. The fourth-order valence-corrected chi connectivity index (χ4v) is 3.10. The standard InChI is InChI=1S/C21H20N4O/c1-24(14-16-5-3-2-4-6-16)20-11-12-22-21-19(13-23-25(20)21)18-9-7-17(15-26)8-10-18/h2-13,26H,14-15H2,1H3. The van der Waals surface area contributed by atoms with Gasteiger partial charge in [-0.1, -0.05) is 54.6 Å². The molecule has 0 aliphatic rings. The number of aliphatic hydroxyl groups is 1. The molecule has 4 rings (SSSR count). The minimum atomic E-state index is 0.0434. The Hall–Kier alpha value is -3.18. The highest BCUT2D eigenvalue weighted by atomic mass is 16.3. The molecular formula is C21H20N4O. The second-order valence-electron chi connectivity index (χ2n) is 6.29. The summed E-state index contributed by atoms with van der Waals surface area (Å²) in [5, 5.41) is 13.8. The Bertz CT molecular complexity index is 1010. The lowest BCUT2D eigenvalue weighted by molar-refractivity contribution is 0.282. The lowest BCUT2D eigenvalue weighted by Gasteiger charge is -2.20. The van der Waals surface area contributed by atoms with E-state index in [4.69, 9.17) is 0 Å². The van der Waals surface area contributed by atoms with Crippen LogP contribution in [0.25, 0.3) is 16.8 Å². The quantitative estimate of drug-likeness (QED) is 0.602. The van der Waals surface area contributed by atoms with Gasteiger partial charge < -0.3 is 10.0 Å². The van der Waals surface area contributed by atoms with Gasteiger partial charge in [0.05, 0.1) is 12.8 Å². The van der Waals surface area contributed by atoms with Gasteiger partial charge in [0.2, 0.25) is 0 Å². The van der Waals surface area contributed by atoms with Gasteiger partial charge in [0.1, 0.15) is 5.82 Å². The fourth-order valence-electron chi connectivity index (χ4n) is 3.10. The average molecular weight is 344 g/mol.